The summed E-state index contributed by atoms with van der Waals surface area (Å²) in [6.07, 6.45) is -0.865. The second-order valence-electron chi connectivity index (χ2n) is 5.37. The molecule has 9 nitrogen and oxygen atoms in total. The topological polar surface area (TPSA) is 108 Å². The van der Waals surface area contributed by atoms with E-state index in [4.69, 9.17) is 4.74 Å². The van der Waals surface area contributed by atoms with E-state index < -0.39 is 36.4 Å². The summed E-state index contributed by atoms with van der Waals surface area (Å²) in [5, 5.41) is 0. The van der Waals surface area contributed by atoms with Gasteiger partial charge in [-0.05, 0) is 25.1 Å². The van der Waals surface area contributed by atoms with Gasteiger partial charge in [0.05, 0.1) is 0 Å². The molecule has 2 rings (SSSR count). The Morgan fingerprint density at radius 1 is 1.32 bits per heavy atom. The summed E-state index contributed by atoms with van der Waals surface area (Å²) in [6.45, 7) is 0.976. The van der Waals surface area contributed by atoms with Gasteiger partial charge in [0, 0.05) is 11.5 Å². The molecule has 2 N–H and O–H groups in total. The van der Waals surface area contributed by atoms with Crippen molar-refractivity contribution in [3.8, 4) is 5.75 Å². The van der Waals surface area contributed by atoms with Crippen LogP contribution in [0.2, 0.25) is 0 Å². The predicted molar refractivity (Wildman–Crippen MR) is 90.3 cm³/mol. The lowest BCUT2D eigenvalue weighted by Crippen LogP contribution is -2.50. The van der Waals surface area contributed by atoms with Crippen LogP contribution in [0.4, 0.5) is 4.79 Å². The Labute approximate surface area is 152 Å². The Morgan fingerprint density at radius 2 is 2.04 bits per heavy atom. The summed E-state index contributed by atoms with van der Waals surface area (Å²) in [7, 11) is 1.46. The number of hydrazine groups is 1. The lowest BCUT2D eigenvalue weighted by molar-refractivity contribution is -0.134. The number of benzene rings is 1. The largest absolute Gasteiger partial charge is 0.481 e. The van der Waals surface area contributed by atoms with E-state index in [9.17, 15) is 19.2 Å². The molecule has 1 aromatic carbocycles. The average molecular weight is 413 g/mol. The van der Waals surface area contributed by atoms with E-state index in [-0.39, 0.29) is 6.54 Å². The van der Waals surface area contributed by atoms with Crippen molar-refractivity contribution in [1.29, 1.82) is 0 Å². The SMILES string of the molecule is C[C@@H](Oc1cccc(Br)c1)C(=O)NNC(=O)CN1C(=O)CN(C)C1=O. The molecule has 1 aliphatic rings. The summed E-state index contributed by atoms with van der Waals surface area (Å²) in [4.78, 5) is 49.0. The molecule has 1 heterocycles. The molecule has 25 heavy (non-hydrogen) atoms. The van der Waals surface area contributed by atoms with Gasteiger partial charge in [0.25, 0.3) is 17.7 Å². The van der Waals surface area contributed by atoms with E-state index >= 15 is 0 Å². The summed E-state index contributed by atoms with van der Waals surface area (Å²) in [6, 6.07) is 6.40. The van der Waals surface area contributed by atoms with E-state index in [1.807, 2.05) is 6.07 Å². The second-order valence-corrected chi connectivity index (χ2v) is 6.29. The van der Waals surface area contributed by atoms with Crippen LogP contribution in [0.1, 0.15) is 6.92 Å². The number of amides is 5. The van der Waals surface area contributed by atoms with Crippen molar-refractivity contribution >= 4 is 39.7 Å². The molecule has 0 unspecified atom stereocenters. The predicted octanol–water partition coefficient (Wildman–Crippen LogP) is 0.258. The highest BCUT2D eigenvalue weighted by Crippen LogP contribution is 2.18. The third-order valence-electron chi connectivity index (χ3n) is 3.34. The van der Waals surface area contributed by atoms with Crippen molar-refractivity contribution in [3.63, 3.8) is 0 Å². The zero-order chi connectivity index (χ0) is 18.6. The van der Waals surface area contributed by atoms with Gasteiger partial charge in [0.1, 0.15) is 18.8 Å². The number of carbonyl (C=O) groups excluding carboxylic acids is 4. The van der Waals surface area contributed by atoms with Crippen molar-refractivity contribution in [2.45, 2.75) is 13.0 Å². The van der Waals surface area contributed by atoms with Crippen LogP contribution in [-0.4, -0.2) is 59.8 Å². The molecule has 0 aliphatic carbocycles. The lowest BCUT2D eigenvalue weighted by atomic mass is 10.3. The van der Waals surface area contributed by atoms with E-state index in [1.54, 1.807) is 18.2 Å². The van der Waals surface area contributed by atoms with Crippen molar-refractivity contribution in [1.82, 2.24) is 20.7 Å². The monoisotopic (exact) mass is 412 g/mol. The number of imide groups is 1. The Morgan fingerprint density at radius 3 is 2.64 bits per heavy atom. The van der Waals surface area contributed by atoms with Crippen molar-refractivity contribution in [2.75, 3.05) is 20.1 Å². The Bertz CT molecular complexity index is 711. The van der Waals surface area contributed by atoms with E-state index in [1.165, 1.54) is 18.9 Å². The first-order chi connectivity index (χ1) is 11.8. The van der Waals surface area contributed by atoms with Gasteiger partial charge in [-0.3, -0.25) is 30.1 Å². The van der Waals surface area contributed by atoms with Crippen LogP contribution < -0.4 is 15.6 Å². The van der Waals surface area contributed by atoms with Crippen molar-refractivity contribution in [3.05, 3.63) is 28.7 Å². The van der Waals surface area contributed by atoms with Crippen LogP contribution in [0, 0.1) is 0 Å². The molecule has 0 radical (unpaired) electrons. The first-order valence-electron chi connectivity index (χ1n) is 7.34. The fourth-order valence-electron chi connectivity index (χ4n) is 2.04. The molecule has 0 aromatic heterocycles. The number of carbonyl (C=O) groups is 4. The lowest BCUT2D eigenvalue weighted by Gasteiger charge is -2.17. The summed E-state index contributed by atoms with van der Waals surface area (Å²) >= 11 is 3.29. The van der Waals surface area contributed by atoms with Crippen LogP contribution in [-0.2, 0) is 14.4 Å². The van der Waals surface area contributed by atoms with Gasteiger partial charge >= 0.3 is 6.03 Å². The molecule has 5 amide bonds. The standard InChI is InChI=1S/C15H17BrN4O5/c1-9(25-11-5-3-4-10(16)6-11)14(23)18-17-12(21)7-20-13(22)8-19(2)15(20)24/h3-6,9H,7-8H2,1-2H3,(H,17,21)(H,18,23)/t9-/m1/s1. The maximum Gasteiger partial charge on any atom is 0.327 e. The molecule has 1 saturated heterocycles. The summed E-state index contributed by atoms with van der Waals surface area (Å²) < 4.78 is 6.25. The Hall–Kier alpha value is -2.62. The number of hydrogen-bond donors (Lipinski definition) is 2. The summed E-state index contributed by atoms with van der Waals surface area (Å²) in [5.74, 6) is -1.26. The van der Waals surface area contributed by atoms with Gasteiger partial charge in [-0.15, -0.1) is 0 Å². The first kappa shape index (κ1) is 18.7. The maximum atomic E-state index is 11.9. The van der Waals surface area contributed by atoms with Gasteiger partial charge in [-0.2, -0.15) is 0 Å². The molecular weight excluding hydrogens is 396 g/mol. The fraction of sp³-hybridized carbons (Fsp3) is 0.333. The van der Waals surface area contributed by atoms with Crippen LogP contribution in [0.25, 0.3) is 0 Å². The zero-order valence-electron chi connectivity index (χ0n) is 13.6. The van der Waals surface area contributed by atoms with Gasteiger partial charge < -0.3 is 9.64 Å². The highest BCUT2D eigenvalue weighted by molar-refractivity contribution is 9.10. The van der Waals surface area contributed by atoms with Crippen molar-refractivity contribution in [2.24, 2.45) is 0 Å². The quantitative estimate of drug-likeness (QED) is 0.532. The minimum Gasteiger partial charge on any atom is -0.481 e. The zero-order valence-corrected chi connectivity index (χ0v) is 15.2. The number of hydrogen-bond acceptors (Lipinski definition) is 5. The molecular formula is C15H17BrN4O5. The van der Waals surface area contributed by atoms with Crippen molar-refractivity contribution < 1.29 is 23.9 Å². The first-order valence-corrected chi connectivity index (χ1v) is 8.13. The molecule has 1 atom stereocenters. The molecule has 0 spiro atoms. The Balaban J connectivity index is 1.80. The number of nitrogens with one attached hydrogen (secondary N) is 2. The van der Waals surface area contributed by atoms with Gasteiger partial charge in [0.15, 0.2) is 6.10 Å². The Kier molecular flexibility index (Phi) is 5.97. The fourth-order valence-corrected chi connectivity index (χ4v) is 2.42. The van der Waals surface area contributed by atoms with E-state index in [2.05, 4.69) is 26.8 Å². The van der Waals surface area contributed by atoms with Gasteiger partial charge in [0.2, 0.25) is 0 Å². The number of likely N-dealkylation sites (N-methyl/N-ethyl adjacent to an activating group) is 1. The molecule has 1 aromatic rings. The third kappa shape index (κ3) is 4.92. The number of halogens is 1. The highest BCUT2D eigenvalue weighted by Gasteiger charge is 2.34. The number of nitrogens with zero attached hydrogens (tertiary/aromatic N) is 2. The summed E-state index contributed by atoms with van der Waals surface area (Å²) in [5.41, 5.74) is 4.34. The molecule has 134 valence electrons. The minimum atomic E-state index is -0.865. The van der Waals surface area contributed by atoms with Gasteiger partial charge in [-0.25, -0.2) is 4.79 Å². The van der Waals surface area contributed by atoms with E-state index in [0.29, 0.717) is 5.75 Å². The molecule has 0 bridgehead atoms. The molecule has 1 fully saturated rings. The van der Waals surface area contributed by atoms with Crippen LogP contribution in [0.3, 0.4) is 0 Å². The number of ether oxygens (including phenoxy) is 1. The average Bonchev–Trinajstić information content (AvgIpc) is 2.79. The van der Waals surface area contributed by atoms with Crippen LogP contribution in [0.15, 0.2) is 28.7 Å². The molecule has 0 saturated carbocycles. The smallest absolute Gasteiger partial charge is 0.327 e. The van der Waals surface area contributed by atoms with E-state index in [0.717, 1.165) is 9.37 Å². The van der Waals surface area contributed by atoms with Crippen LogP contribution in [0.5, 0.6) is 5.75 Å². The number of urea groups is 1. The maximum absolute atomic E-state index is 11.9. The number of rotatable bonds is 5. The normalized spacial score (nSPS) is 15.2. The highest BCUT2D eigenvalue weighted by atomic mass is 79.9. The molecule has 10 heteroatoms. The van der Waals surface area contributed by atoms with Gasteiger partial charge in [-0.1, -0.05) is 22.0 Å². The molecule has 1 aliphatic heterocycles. The third-order valence-corrected chi connectivity index (χ3v) is 3.83. The van der Waals surface area contributed by atoms with Crippen LogP contribution >= 0.6 is 15.9 Å². The second kappa shape index (κ2) is 7.97. The minimum absolute atomic E-state index is 0.0734.